The fourth-order valence-corrected chi connectivity index (χ4v) is 4.48. The number of halogens is 2. The van der Waals surface area contributed by atoms with Crippen molar-refractivity contribution in [3.8, 4) is 16.9 Å². The molecule has 1 fully saturated rings. The summed E-state index contributed by atoms with van der Waals surface area (Å²) in [6.45, 7) is 2.65. The molecule has 0 spiro atoms. The number of hydrogen-bond donors (Lipinski definition) is 0. The smallest absolute Gasteiger partial charge is 0.201 e. The van der Waals surface area contributed by atoms with Crippen LogP contribution in [0.1, 0.15) is 95.5 Å². The van der Waals surface area contributed by atoms with E-state index in [1.54, 1.807) is 12.1 Å². The minimum atomic E-state index is -0.885. The van der Waals surface area contributed by atoms with E-state index in [9.17, 15) is 8.78 Å². The maximum absolute atomic E-state index is 14.7. The zero-order valence-corrected chi connectivity index (χ0v) is 19.0. The molecule has 1 aliphatic rings. The van der Waals surface area contributed by atoms with Crippen molar-refractivity contribution in [2.24, 2.45) is 0 Å². The number of ether oxygens (including phenoxy) is 1. The lowest BCUT2D eigenvalue weighted by molar-refractivity contribution is 0.285. The van der Waals surface area contributed by atoms with Crippen LogP contribution in [0.15, 0.2) is 36.4 Å². The minimum Gasteiger partial charge on any atom is -0.490 e. The fourth-order valence-electron chi connectivity index (χ4n) is 4.48. The largest absolute Gasteiger partial charge is 0.490 e. The van der Waals surface area contributed by atoms with Crippen molar-refractivity contribution >= 4 is 0 Å². The molecule has 31 heavy (non-hydrogen) atoms. The Bertz CT molecular complexity index is 778. The zero-order chi connectivity index (χ0) is 21.9. The first kappa shape index (κ1) is 23.8. The van der Waals surface area contributed by atoms with Crippen molar-refractivity contribution in [1.82, 2.24) is 0 Å². The van der Waals surface area contributed by atoms with Gasteiger partial charge in [0.15, 0.2) is 11.6 Å². The van der Waals surface area contributed by atoms with Gasteiger partial charge in [0.2, 0.25) is 5.82 Å². The Morgan fingerprint density at radius 3 is 2.10 bits per heavy atom. The third-order valence-corrected chi connectivity index (χ3v) is 6.43. The Labute approximate surface area is 187 Å². The zero-order valence-electron chi connectivity index (χ0n) is 19.0. The van der Waals surface area contributed by atoms with Gasteiger partial charge in [0.25, 0.3) is 0 Å². The van der Waals surface area contributed by atoms with Crippen LogP contribution < -0.4 is 4.74 Å². The highest BCUT2D eigenvalue weighted by atomic mass is 19.2. The van der Waals surface area contributed by atoms with E-state index in [1.807, 2.05) is 12.1 Å². The van der Waals surface area contributed by atoms with Crippen LogP contribution in [0.2, 0.25) is 0 Å². The Balaban J connectivity index is 1.49. The van der Waals surface area contributed by atoms with E-state index >= 15 is 0 Å². The lowest BCUT2D eigenvalue weighted by atomic mass is 9.83. The third kappa shape index (κ3) is 7.05. The summed E-state index contributed by atoms with van der Waals surface area (Å²) in [6, 6.07) is 11.1. The molecular weight excluding hydrogens is 390 g/mol. The van der Waals surface area contributed by atoms with Crippen molar-refractivity contribution < 1.29 is 13.5 Å². The van der Waals surface area contributed by atoms with E-state index in [0.717, 1.165) is 25.7 Å². The van der Waals surface area contributed by atoms with E-state index in [1.165, 1.54) is 56.9 Å². The second-order valence-electron chi connectivity index (χ2n) is 8.82. The summed E-state index contributed by atoms with van der Waals surface area (Å²) in [5.74, 6) is -1.12. The molecule has 169 valence electrons. The first-order chi connectivity index (χ1) is 15.2. The summed E-state index contributed by atoms with van der Waals surface area (Å²) in [5.41, 5.74) is 2.29. The first-order valence-corrected chi connectivity index (χ1v) is 12.2. The van der Waals surface area contributed by atoms with Crippen LogP contribution in [-0.4, -0.2) is 6.61 Å². The van der Waals surface area contributed by atoms with Gasteiger partial charge >= 0.3 is 0 Å². The van der Waals surface area contributed by atoms with Gasteiger partial charge in [-0.3, -0.25) is 0 Å². The van der Waals surface area contributed by atoms with Gasteiger partial charge in [-0.1, -0.05) is 76.1 Å². The summed E-state index contributed by atoms with van der Waals surface area (Å²) in [7, 11) is 0. The van der Waals surface area contributed by atoms with E-state index in [4.69, 9.17) is 4.74 Å². The molecule has 0 N–H and O–H groups in total. The minimum absolute atomic E-state index is 0.0132. The summed E-state index contributed by atoms with van der Waals surface area (Å²) in [4.78, 5) is 0. The predicted octanol–water partition coefficient (Wildman–Crippen LogP) is 9.01. The molecule has 0 unspecified atom stereocenters. The van der Waals surface area contributed by atoms with Crippen molar-refractivity contribution in [1.29, 1.82) is 0 Å². The van der Waals surface area contributed by atoms with Crippen LogP contribution in [0.25, 0.3) is 11.1 Å². The van der Waals surface area contributed by atoms with Crippen LogP contribution in [0.5, 0.6) is 5.75 Å². The number of hydrogen-bond acceptors (Lipinski definition) is 1. The molecule has 2 aromatic rings. The normalized spacial score (nSPS) is 14.7. The Hall–Kier alpha value is -1.90. The molecule has 1 nitrogen and oxygen atoms in total. The van der Waals surface area contributed by atoms with Gasteiger partial charge < -0.3 is 4.74 Å². The van der Waals surface area contributed by atoms with Gasteiger partial charge in [0, 0.05) is 5.56 Å². The van der Waals surface area contributed by atoms with Crippen molar-refractivity contribution in [3.05, 3.63) is 60.0 Å². The molecule has 0 saturated heterocycles. The van der Waals surface area contributed by atoms with Gasteiger partial charge in [-0.15, -0.1) is 0 Å². The van der Waals surface area contributed by atoms with Gasteiger partial charge in [0.1, 0.15) is 0 Å². The first-order valence-electron chi connectivity index (χ1n) is 12.2. The SMILES string of the molecule is CCCCCCCCCCOc1ccc(-c2ccc(C3CC[CH]CC3)cc2)c(F)c1F. The maximum atomic E-state index is 14.7. The van der Waals surface area contributed by atoms with E-state index in [0.29, 0.717) is 23.7 Å². The predicted molar refractivity (Wildman–Crippen MR) is 125 cm³/mol. The van der Waals surface area contributed by atoms with E-state index < -0.39 is 11.6 Å². The molecular formula is C28H37F2O. The molecule has 1 aliphatic carbocycles. The lowest BCUT2D eigenvalue weighted by Gasteiger charge is -2.22. The van der Waals surface area contributed by atoms with Crippen LogP contribution in [0.4, 0.5) is 8.78 Å². The number of unbranched alkanes of at least 4 members (excludes halogenated alkanes) is 7. The van der Waals surface area contributed by atoms with Crippen LogP contribution >= 0.6 is 0 Å². The second-order valence-corrected chi connectivity index (χ2v) is 8.82. The van der Waals surface area contributed by atoms with Gasteiger partial charge in [-0.05, 0) is 67.7 Å². The average molecular weight is 428 g/mol. The highest BCUT2D eigenvalue weighted by molar-refractivity contribution is 5.65. The third-order valence-electron chi connectivity index (χ3n) is 6.43. The molecule has 0 bridgehead atoms. The molecule has 0 aliphatic heterocycles. The lowest BCUT2D eigenvalue weighted by Crippen LogP contribution is -2.04. The van der Waals surface area contributed by atoms with Crippen LogP contribution in [0, 0.1) is 18.1 Å². The number of rotatable bonds is 12. The Kier molecular flexibility index (Phi) is 9.84. The monoisotopic (exact) mass is 427 g/mol. The average Bonchev–Trinajstić information content (AvgIpc) is 2.81. The Morgan fingerprint density at radius 2 is 1.42 bits per heavy atom. The van der Waals surface area contributed by atoms with Crippen LogP contribution in [-0.2, 0) is 0 Å². The van der Waals surface area contributed by atoms with Gasteiger partial charge in [0.05, 0.1) is 6.61 Å². The van der Waals surface area contributed by atoms with Gasteiger partial charge in [-0.2, -0.15) is 4.39 Å². The second kappa shape index (κ2) is 12.8. The molecule has 0 aromatic heterocycles. The summed E-state index contributed by atoms with van der Waals surface area (Å²) < 4.78 is 34.8. The van der Waals surface area contributed by atoms with Crippen molar-refractivity contribution in [2.45, 2.75) is 89.9 Å². The molecule has 0 atom stereocenters. The summed E-state index contributed by atoms with van der Waals surface area (Å²) in [5, 5.41) is 0. The summed E-state index contributed by atoms with van der Waals surface area (Å²) >= 11 is 0. The molecule has 2 aromatic carbocycles. The van der Waals surface area contributed by atoms with E-state index in [2.05, 4.69) is 25.5 Å². The van der Waals surface area contributed by atoms with Crippen LogP contribution in [0.3, 0.4) is 0 Å². The molecule has 0 amide bonds. The standard InChI is InChI=1S/C28H37F2O/c1-2-3-4-5-6-7-8-12-21-31-26-20-19-25(27(29)28(26)30)24-17-15-23(16-18-24)22-13-10-9-11-14-22/h9,15-20,22H,2-8,10-14,21H2,1H3. The maximum Gasteiger partial charge on any atom is 0.201 e. The molecule has 3 rings (SSSR count). The molecule has 1 saturated carbocycles. The fraction of sp³-hybridized carbons (Fsp3) is 0.536. The van der Waals surface area contributed by atoms with E-state index in [-0.39, 0.29) is 5.75 Å². The number of benzene rings is 2. The van der Waals surface area contributed by atoms with Crippen molar-refractivity contribution in [3.63, 3.8) is 0 Å². The molecule has 1 radical (unpaired) electrons. The molecule has 3 heteroatoms. The summed E-state index contributed by atoms with van der Waals surface area (Å²) in [6.07, 6.45) is 16.6. The van der Waals surface area contributed by atoms with Gasteiger partial charge in [-0.25, -0.2) is 4.39 Å². The highest BCUT2D eigenvalue weighted by Gasteiger charge is 2.18. The quantitative estimate of drug-likeness (QED) is 0.307. The highest BCUT2D eigenvalue weighted by Crippen LogP contribution is 2.34. The van der Waals surface area contributed by atoms with Crippen molar-refractivity contribution in [2.75, 3.05) is 6.61 Å². The Morgan fingerprint density at radius 1 is 0.774 bits per heavy atom. The topological polar surface area (TPSA) is 9.23 Å². The molecule has 0 heterocycles.